The zero-order valence-electron chi connectivity index (χ0n) is 11.4. The van der Waals surface area contributed by atoms with Gasteiger partial charge in [0.15, 0.2) is 0 Å². The Morgan fingerprint density at radius 2 is 2.15 bits per heavy atom. The molecular formula is C14H14ClN3O2. The van der Waals surface area contributed by atoms with Gasteiger partial charge in [-0.1, -0.05) is 16.8 Å². The summed E-state index contributed by atoms with van der Waals surface area (Å²) in [5, 5.41) is 5.52. The van der Waals surface area contributed by atoms with Gasteiger partial charge in [0.1, 0.15) is 11.4 Å². The molecule has 3 aromatic rings. The van der Waals surface area contributed by atoms with Crippen LogP contribution < -0.4 is 10.5 Å². The van der Waals surface area contributed by atoms with Crippen LogP contribution in [0.1, 0.15) is 5.69 Å². The third kappa shape index (κ3) is 1.67. The van der Waals surface area contributed by atoms with Crippen molar-refractivity contribution in [2.24, 2.45) is 7.05 Å². The number of rotatable bonds is 2. The van der Waals surface area contributed by atoms with E-state index in [1.54, 1.807) is 13.2 Å². The summed E-state index contributed by atoms with van der Waals surface area (Å²) in [6.07, 6.45) is 0. The number of hydrogen-bond acceptors (Lipinski definition) is 4. The first-order valence-electron chi connectivity index (χ1n) is 6.08. The molecule has 0 aliphatic carbocycles. The number of aryl methyl sites for hydroxylation is 1. The highest BCUT2D eigenvalue weighted by Gasteiger charge is 2.21. The zero-order valence-corrected chi connectivity index (χ0v) is 12.2. The molecule has 1 aromatic carbocycles. The number of methoxy groups -OCH3 is 1. The molecular weight excluding hydrogens is 278 g/mol. The monoisotopic (exact) mass is 291 g/mol. The van der Waals surface area contributed by atoms with Gasteiger partial charge in [-0.25, -0.2) is 0 Å². The number of hydrogen-bond donors (Lipinski definition) is 1. The summed E-state index contributed by atoms with van der Waals surface area (Å²) in [7, 11) is 3.60. The Morgan fingerprint density at radius 1 is 1.40 bits per heavy atom. The van der Waals surface area contributed by atoms with Crippen LogP contribution in [0, 0.1) is 6.92 Å². The second-order valence-corrected chi connectivity index (χ2v) is 5.01. The lowest BCUT2D eigenvalue weighted by molar-refractivity contribution is 0.418. The summed E-state index contributed by atoms with van der Waals surface area (Å²) < 4.78 is 12.4. The quantitative estimate of drug-likeness (QED) is 0.786. The summed E-state index contributed by atoms with van der Waals surface area (Å²) in [5.41, 5.74) is 9.13. The highest BCUT2D eigenvalue weighted by Crippen LogP contribution is 2.41. The molecule has 0 amide bonds. The summed E-state index contributed by atoms with van der Waals surface area (Å²) in [6, 6.07) is 5.36. The van der Waals surface area contributed by atoms with E-state index < -0.39 is 0 Å². The van der Waals surface area contributed by atoms with Gasteiger partial charge in [-0.2, -0.15) is 0 Å². The molecule has 0 aliphatic heterocycles. The van der Waals surface area contributed by atoms with Crippen molar-refractivity contribution in [3.63, 3.8) is 0 Å². The molecule has 20 heavy (non-hydrogen) atoms. The molecule has 2 aromatic heterocycles. The van der Waals surface area contributed by atoms with Crippen molar-refractivity contribution in [1.82, 2.24) is 9.72 Å². The minimum Gasteiger partial charge on any atom is -0.495 e. The summed E-state index contributed by atoms with van der Waals surface area (Å²) in [5.74, 6) is 1.04. The van der Waals surface area contributed by atoms with Crippen LogP contribution in [-0.4, -0.2) is 16.8 Å². The zero-order chi connectivity index (χ0) is 14.4. The maximum absolute atomic E-state index is 6.37. The third-order valence-corrected chi connectivity index (χ3v) is 3.86. The second kappa shape index (κ2) is 4.45. The third-order valence-electron chi connectivity index (χ3n) is 3.54. The Hall–Kier alpha value is -2.14. The number of nitrogens with two attached hydrogens (primary N) is 1. The van der Waals surface area contributed by atoms with E-state index in [0.29, 0.717) is 10.7 Å². The van der Waals surface area contributed by atoms with Gasteiger partial charge in [0.2, 0.25) is 5.88 Å². The number of fused-ring (bicyclic) bond motifs is 1. The summed E-state index contributed by atoms with van der Waals surface area (Å²) in [4.78, 5) is 0. The number of aromatic nitrogens is 2. The van der Waals surface area contributed by atoms with Crippen LogP contribution in [-0.2, 0) is 7.05 Å². The van der Waals surface area contributed by atoms with Crippen LogP contribution >= 0.6 is 11.6 Å². The van der Waals surface area contributed by atoms with Crippen molar-refractivity contribution in [1.29, 1.82) is 0 Å². The average Bonchev–Trinajstić information content (AvgIpc) is 2.95. The normalized spacial score (nSPS) is 11.2. The summed E-state index contributed by atoms with van der Waals surface area (Å²) in [6.45, 7) is 2.00. The maximum Gasteiger partial charge on any atom is 0.222 e. The Labute approximate surface area is 120 Å². The molecule has 5 nitrogen and oxygen atoms in total. The molecule has 2 heterocycles. The minimum atomic E-state index is 0.274. The molecule has 0 spiro atoms. The van der Waals surface area contributed by atoms with Gasteiger partial charge in [-0.05, 0) is 19.1 Å². The fraction of sp³-hybridized carbons (Fsp3) is 0.214. The minimum absolute atomic E-state index is 0.274. The number of anilines is 1. The average molecular weight is 292 g/mol. The molecule has 0 aliphatic rings. The molecule has 104 valence electrons. The van der Waals surface area contributed by atoms with Crippen LogP contribution in [0.3, 0.4) is 0 Å². The molecule has 0 saturated heterocycles. The van der Waals surface area contributed by atoms with E-state index in [1.807, 2.05) is 30.7 Å². The van der Waals surface area contributed by atoms with Gasteiger partial charge in [0, 0.05) is 29.8 Å². The van der Waals surface area contributed by atoms with E-state index in [9.17, 15) is 0 Å². The van der Waals surface area contributed by atoms with Crippen molar-refractivity contribution in [2.45, 2.75) is 6.92 Å². The second-order valence-electron chi connectivity index (χ2n) is 4.61. The first-order chi connectivity index (χ1) is 9.54. The van der Waals surface area contributed by atoms with Crippen molar-refractivity contribution >= 4 is 28.4 Å². The van der Waals surface area contributed by atoms with Crippen LogP contribution in [0.5, 0.6) is 5.75 Å². The number of ether oxygens (including phenoxy) is 1. The number of halogens is 1. The van der Waals surface area contributed by atoms with Gasteiger partial charge in [0.25, 0.3) is 0 Å². The summed E-state index contributed by atoms with van der Waals surface area (Å²) >= 11 is 6.37. The Balaban J connectivity index is 2.46. The van der Waals surface area contributed by atoms with Crippen molar-refractivity contribution in [3.05, 3.63) is 28.9 Å². The van der Waals surface area contributed by atoms with E-state index in [2.05, 4.69) is 5.16 Å². The first kappa shape index (κ1) is 12.9. The molecule has 0 bridgehead atoms. The largest absolute Gasteiger partial charge is 0.495 e. The van der Waals surface area contributed by atoms with Gasteiger partial charge in [-0.3, -0.25) is 0 Å². The molecule has 0 atom stereocenters. The fourth-order valence-electron chi connectivity index (χ4n) is 2.52. The topological polar surface area (TPSA) is 66.2 Å². The van der Waals surface area contributed by atoms with Crippen LogP contribution in [0.2, 0.25) is 5.02 Å². The Morgan fingerprint density at radius 3 is 2.75 bits per heavy atom. The highest BCUT2D eigenvalue weighted by atomic mass is 35.5. The van der Waals surface area contributed by atoms with Gasteiger partial charge in [-0.15, -0.1) is 0 Å². The van der Waals surface area contributed by atoms with Crippen LogP contribution in [0.25, 0.3) is 22.2 Å². The Bertz CT molecular complexity index is 804. The van der Waals surface area contributed by atoms with Gasteiger partial charge in [0.05, 0.1) is 17.6 Å². The molecule has 0 radical (unpaired) electrons. The molecule has 0 fully saturated rings. The van der Waals surface area contributed by atoms with E-state index in [1.165, 1.54) is 0 Å². The van der Waals surface area contributed by atoms with Crippen molar-refractivity contribution in [2.75, 3.05) is 12.8 Å². The molecule has 3 rings (SSSR count). The van der Waals surface area contributed by atoms with Crippen LogP contribution in [0.4, 0.5) is 5.88 Å². The Kier molecular flexibility index (Phi) is 2.87. The maximum atomic E-state index is 6.37. The fourth-order valence-corrected chi connectivity index (χ4v) is 2.77. The van der Waals surface area contributed by atoms with Crippen LogP contribution in [0.15, 0.2) is 22.7 Å². The van der Waals surface area contributed by atoms with Crippen molar-refractivity contribution < 1.29 is 9.26 Å². The SMILES string of the molecule is COc1ccc(Cl)c2c(-c3cc(N)on3)c(C)n(C)c12. The van der Waals surface area contributed by atoms with E-state index in [0.717, 1.165) is 27.9 Å². The lowest BCUT2D eigenvalue weighted by Crippen LogP contribution is -1.93. The number of benzene rings is 1. The van der Waals surface area contributed by atoms with Crippen molar-refractivity contribution in [3.8, 4) is 17.0 Å². The molecule has 0 saturated carbocycles. The molecule has 6 heteroatoms. The predicted molar refractivity (Wildman–Crippen MR) is 79.1 cm³/mol. The molecule has 0 unspecified atom stereocenters. The number of nitrogen functional groups attached to an aromatic ring is 1. The lowest BCUT2D eigenvalue weighted by atomic mass is 10.1. The number of nitrogens with zero attached hydrogens (tertiary/aromatic N) is 2. The van der Waals surface area contributed by atoms with E-state index in [4.69, 9.17) is 26.6 Å². The lowest BCUT2D eigenvalue weighted by Gasteiger charge is -2.06. The van der Waals surface area contributed by atoms with Gasteiger partial charge < -0.3 is 19.6 Å². The van der Waals surface area contributed by atoms with E-state index in [-0.39, 0.29) is 5.88 Å². The smallest absolute Gasteiger partial charge is 0.222 e. The van der Waals surface area contributed by atoms with E-state index >= 15 is 0 Å². The van der Waals surface area contributed by atoms with Gasteiger partial charge >= 0.3 is 0 Å². The predicted octanol–water partition coefficient (Wildman–Crippen LogP) is 3.39. The first-order valence-corrected chi connectivity index (χ1v) is 6.46. The molecule has 2 N–H and O–H groups in total. The standard InChI is InChI=1S/C14H14ClN3O2/c1-7-12(9-6-11(16)20-17-9)13-8(15)4-5-10(19-3)14(13)18(7)2/h4-6H,16H2,1-3H3. The highest BCUT2D eigenvalue weighted by molar-refractivity contribution is 6.37.